The molecular weight excluding hydrogens is 675 g/mol. The van der Waals surface area contributed by atoms with Gasteiger partial charge in [0.1, 0.15) is 17.4 Å². The summed E-state index contributed by atoms with van der Waals surface area (Å²) in [7, 11) is -2.29. The van der Waals surface area contributed by atoms with Gasteiger partial charge >= 0.3 is 12.1 Å². The quantitative estimate of drug-likeness (QED) is 0.216. The highest BCUT2D eigenvalue weighted by Crippen LogP contribution is 2.42. The molecule has 0 fully saturated rings. The lowest BCUT2D eigenvalue weighted by molar-refractivity contribution is -0.145. The average molecular weight is 706 g/mol. The fourth-order valence-corrected chi connectivity index (χ4v) is 8.22. The minimum absolute atomic E-state index is 0.206. The van der Waals surface area contributed by atoms with Crippen LogP contribution in [0.3, 0.4) is 0 Å². The van der Waals surface area contributed by atoms with Crippen LogP contribution in [0.25, 0.3) is 21.9 Å². The Labute approximate surface area is 284 Å². The first-order valence-corrected chi connectivity index (χ1v) is 16.7. The number of halogens is 3. The zero-order valence-electron chi connectivity index (χ0n) is 26.7. The number of aromatic nitrogens is 1. The van der Waals surface area contributed by atoms with E-state index < -0.39 is 62.4 Å². The molecule has 258 valence electrons. The van der Waals surface area contributed by atoms with Crippen molar-refractivity contribution in [2.45, 2.75) is 30.2 Å². The molecule has 0 spiro atoms. The molecule has 1 aromatic heterocycles. The predicted molar refractivity (Wildman–Crippen MR) is 178 cm³/mol. The van der Waals surface area contributed by atoms with E-state index in [2.05, 4.69) is 0 Å². The van der Waals surface area contributed by atoms with Gasteiger partial charge in [-0.05, 0) is 63.7 Å². The maximum atomic E-state index is 14.8. The van der Waals surface area contributed by atoms with Crippen molar-refractivity contribution in [3.63, 3.8) is 0 Å². The van der Waals surface area contributed by atoms with Gasteiger partial charge in [-0.3, -0.25) is 14.2 Å². The van der Waals surface area contributed by atoms with Crippen LogP contribution < -0.4 is 16.0 Å². The number of alkyl halides is 3. The summed E-state index contributed by atoms with van der Waals surface area (Å²) in [4.78, 5) is 40.9. The molecule has 1 atom stereocenters. The second-order valence-electron chi connectivity index (χ2n) is 11.7. The smallest absolute Gasteiger partial charge is 0.416 e. The van der Waals surface area contributed by atoms with E-state index in [1.54, 1.807) is 54.6 Å². The number of carbonyl (C=O) groups is 2. The molecule has 0 saturated heterocycles. The van der Waals surface area contributed by atoms with Crippen molar-refractivity contribution in [2.75, 3.05) is 20.8 Å². The minimum Gasteiger partial charge on any atom is -0.497 e. The normalized spacial score (nSPS) is 15.7. The molecule has 0 aliphatic carbocycles. The summed E-state index contributed by atoms with van der Waals surface area (Å²) in [6, 6.07) is 21.1. The van der Waals surface area contributed by atoms with Crippen LogP contribution in [0.2, 0.25) is 0 Å². The van der Waals surface area contributed by atoms with Gasteiger partial charge in [-0.2, -0.15) is 17.5 Å². The number of ether oxygens (including phenoxy) is 2. The van der Waals surface area contributed by atoms with Gasteiger partial charge in [-0.1, -0.05) is 66.7 Å². The van der Waals surface area contributed by atoms with E-state index in [-0.39, 0.29) is 29.7 Å². The number of amides is 1. The predicted octanol–water partition coefficient (Wildman–Crippen LogP) is 5.30. The van der Waals surface area contributed by atoms with Crippen molar-refractivity contribution in [1.82, 2.24) is 8.87 Å². The van der Waals surface area contributed by atoms with Gasteiger partial charge in [-0.15, -0.1) is 0 Å². The summed E-state index contributed by atoms with van der Waals surface area (Å²) in [5.74, 6) is -1.77. The number of fused-ring (bicyclic) bond motifs is 2. The molecule has 6 rings (SSSR count). The Balaban J connectivity index is 1.73. The van der Waals surface area contributed by atoms with Crippen LogP contribution in [-0.4, -0.2) is 49.9 Å². The molecule has 1 aliphatic heterocycles. The van der Waals surface area contributed by atoms with E-state index in [4.69, 9.17) is 15.2 Å². The Hall–Kier alpha value is -5.47. The van der Waals surface area contributed by atoms with Crippen LogP contribution in [0.1, 0.15) is 38.7 Å². The van der Waals surface area contributed by atoms with E-state index in [1.165, 1.54) is 13.2 Å². The van der Waals surface area contributed by atoms with Crippen molar-refractivity contribution < 1.29 is 40.7 Å². The second kappa shape index (κ2) is 13.1. The molecule has 5 aromatic rings. The summed E-state index contributed by atoms with van der Waals surface area (Å²) in [5, 5.41) is 0.705. The Morgan fingerprint density at radius 2 is 1.62 bits per heavy atom. The minimum atomic E-state index is -4.84. The van der Waals surface area contributed by atoms with Gasteiger partial charge in [0.25, 0.3) is 21.5 Å². The molecule has 0 radical (unpaired) electrons. The van der Waals surface area contributed by atoms with Crippen molar-refractivity contribution in [3.8, 4) is 16.9 Å². The number of nitrogens with zero attached hydrogens (tertiary/aromatic N) is 2. The number of primary amides is 1. The largest absolute Gasteiger partial charge is 0.497 e. The molecule has 14 heteroatoms. The molecular formula is C36H30F3N3O7S. The maximum absolute atomic E-state index is 14.8. The van der Waals surface area contributed by atoms with Crippen LogP contribution >= 0.6 is 0 Å². The number of sulfonamides is 1. The lowest BCUT2D eigenvalue weighted by atomic mass is 9.89. The van der Waals surface area contributed by atoms with Gasteiger partial charge < -0.3 is 15.2 Å². The monoisotopic (exact) mass is 705 g/mol. The van der Waals surface area contributed by atoms with Gasteiger partial charge in [0.05, 0.1) is 19.8 Å². The molecule has 4 aromatic carbocycles. The number of rotatable bonds is 8. The Morgan fingerprint density at radius 1 is 0.940 bits per heavy atom. The number of hydrogen-bond acceptors (Lipinski definition) is 7. The SMILES string of the molecule is COC(=O)C1CN(Cc2ccc(OC)cc2)S(=O)(=O)c2c(-c3cccc(C(F)(F)F)c3)c(Cc3cccc4ccccc34)c(C(N)=O)c(=O)n21. The van der Waals surface area contributed by atoms with Gasteiger partial charge in [0, 0.05) is 18.7 Å². The standard InChI is InChI=1S/C36H30F3N3O7S/c1-48-26-15-13-21(14-16-26)19-41-20-29(35(45)49-2)42-33(44)31(32(40)43)28(18-23-9-5-8-22-7-3-4-12-27(22)23)30(34(42)50(41,46)47)24-10-6-11-25(17-24)36(37,38)39/h3-17,29H,18-20H2,1-2H3,(H2,40,43). The number of benzene rings is 4. The zero-order valence-corrected chi connectivity index (χ0v) is 27.5. The fraction of sp³-hybridized carbons (Fsp3) is 0.194. The molecule has 50 heavy (non-hydrogen) atoms. The van der Waals surface area contributed by atoms with Crippen LogP contribution in [0.5, 0.6) is 5.75 Å². The first-order valence-electron chi connectivity index (χ1n) is 15.2. The number of nitrogens with two attached hydrogens (primary N) is 1. The third-order valence-corrected chi connectivity index (χ3v) is 10.6. The average Bonchev–Trinajstić information content (AvgIpc) is 3.09. The van der Waals surface area contributed by atoms with Gasteiger partial charge in [0.15, 0.2) is 5.03 Å². The summed E-state index contributed by atoms with van der Waals surface area (Å²) in [6.45, 7) is -0.872. The topological polar surface area (TPSA) is 138 Å². The number of esters is 1. The van der Waals surface area contributed by atoms with Crippen LogP contribution in [0.15, 0.2) is 101 Å². The molecule has 10 nitrogen and oxygen atoms in total. The van der Waals surface area contributed by atoms with Crippen molar-refractivity contribution in [3.05, 3.63) is 129 Å². The highest BCUT2D eigenvalue weighted by atomic mass is 32.2. The molecule has 1 aliphatic rings. The molecule has 2 N–H and O–H groups in total. The van der Waals surface area contributed by atoms with Crippen molar-refractivity contribution in [1.29, 1.82) is 0 Å². The molecule has 1 unspecified atom stereocenters. The molecule has 0 bridgehead atoms. The van der Waals surface area contributed by atoms with E-state index >= 15 is 0 Å². The maximum Gasteiger partial charge on any atom is 0.416 e. The first-order chi connectivity index (χ1) is 23.8. The summed E-state index contributed by atoms with van der Waals surface area (Å²) in [6.07, 6.45) is -5.11. The number of carbonyl (C=O) groups excluding carboxylic acids is 2. The Bertz CT molecular complexity index is 2320. The number of pyridine rings is 1. The summed E-state index contributed by atoms with van der Waals surface area (Å²) < 4.78 is 83.6. The van der Waals surface area contributed by atoms with E-state index in [1.807, 2.05) is 12.1 Å². The Morgan fingerprint density at radius 3 is 2.28 bits per heavy atom. The van der Waals surface area contributed by atoms with Crippen molar-refractivity contribution >= 4 is 32.7 Å². The highest BCUT2D eigenvalue weighted by Gasteiger charge is 2.45. The summed E-state index contributed by atoms with van der Waals surface area (Å²) >= 11 is 0. The number of hydrogen-bond donors (Lipinski definition) is 1. The number of methoxy groups -OCH3 is 2. The second-order valence-corrected chi connectivity index (χ2v) is 13.5. The van der Waals surface area contributed by atoms with Crippen molar-refractivity contribution in [2.24, 2.45) is 5.73 Å². The van der Waals surface area contributed by atoms with E-state index in [9.17, 15) is 36.0 Å². The summed E-state index contributed by atoms with van der Waals surface area (Å²) in [5.41, 5.74) is 3.04. The molecule has 1 amide bonds. The molecule has 2 heterocycles. The first kappa shape index (κ1) is 34.4. The Kier molecular flexibility index (Phi) is 9.01. The lowest BCUT2D eigenvalue weighted by Crippen LogP contribution is -2.51. The van der Waals surface area contributed by atoms with Gasteiger partial charge in [-0.25, -0.2) is 13.2 Å². The molecule has 0 saturated carbocycles. The van der Waals surface area contributed by atoms with Crippen LogP contribution in [0, 0.1) is 0 Å². The third-order valence-electron chi connectivity index (χ3n) is 8.70. The van der Waals surface area contributed by atoms with E-state index in [0.29, 0.717) is 26.8 Å². The fourth-order valence-electron chi connectivity index (χ4n) is 6.36. The third kappa shape index (κ3) is 6.11. The highest BCUT2D eigenvalue weighted by molar-refractivity contribution is 7.89. The van der Waals surface area contributed by atoms with E-state index in [0.717, 1.165) is 35.0 Å². The lowest BCUT2D eigenvalue weighted by Gasteiger charge is -2.36. The van der Waals surface area contributed by atoms with Crippen LogP contribution in [0.4, 0.5) is 13.2 Å². The van der Waals surface area contributed by atoms with Crippen LogP contribution in [-0.2, 0) is 38.7 Å². The zero-order chi connectivity index (χ0) is 36.0. The van der Waals surface area contributed by atoms with Gasteiger partial charge in [0.2, 0.25) is 0 Å².